The molecular formula is C24H26FNO3. The lowest BCUT2D eigenvalue weighted by atomic mass is 9.83. The number of piperidine rings is 1. The van der Waals surface area contributed by atoms with Crippen LogP contribution < -0.4 is 4.74 Å². The van der Waals surface area contributed by atoms with Gasteiger partial charge in [0.25, 0.3) is 0 Å². The third-order valence-electron chi connectivity index (χ3n) is 5.65. The van der Waals surface area contributed by atoms with Crippen molar-refractivity contribution >= 4 is 11.7 Å². The zero-order valence-electron chi connectivity index (χ0n) is 16.6. The quantitative estimate of drug-likeness (QED) is 0.664. The first-order valence-corrected chi connectivity index (χ1v) is 10.3. The summed E-state index contributed by atoms with van der Waals surface area (Å²) in [5.74, 6) is 0.261. The van der Waals surface area contributed by atoms with Crippen LogP contribution in [-0.2, 0) is 11.3 Å². The fraction of sp³-hybridized carbons (Fsp3) is 0.375. The summed E-state index contributed by atoms with van der Waals surface area (Å²) in [4.78, 5) is 14.6. The van der Waals surface area contributed by atoms with E-state index in [2.05, 4.69) is 0 Å². The molecule has 1 fully saturated rings. The van der Waals surface area contributed by atoms with E-state index in [1.165, 1.54) is 6.07 Å². The second-order valence-electron chi connectivity index (χ2n) is 7.57. The van der Waals surface area contributed by atoms with Crippen LogP contribution in [0.25, 0.3) is 5.57 Å². The van der Waals surface area contributed by atoms with Gasteiger partial charge in [-0.05, 0) is 55.9 Å². The van der Waals surface area contributed by atoms with Crippen molar-refractivity contribution in [1.29, 1.82) is 0 Å². The van der Waals surface area contributed by atoms with E-state index in [-0.39, 0.29) is 30.6 Å². The van der Waals surface area contributed by atoms with Crippen molar-refractivity contribution in [3.63, 3.8) is 0 Å². The summed E-state index contributed by atoms with van der Waals surface area (Å²) in [6.45, 7) is 2.65. The highest BCUT2D eigenvalue weighted by atomic mass is 19.1. The smallest absolute Gasteiger partial charge is 0.410 e. The Labute approximate surface area is 170 Å². The molecular weight excluding hydrogens is 369 g/mol. The Balaban J connectivity index is 1.50. The summed E-state index contributed by atoms with van der Waals surface area (Å²) in [7, 11) is 0. The first-order valence-electron chi connectivity index (χ1n) is 10.3. The number of halogens is 1. The number of amides is 1. The van der Waals surface area contributed by atoms with Gasteiger partial charge < -0.3 is 9.47 Å². The molecule has 4 nitrogen and oxygen atoms in total. The molecule has 0 radical (unpaired) electrons. The fourth-order valence-electron chi connectivity index (χ4n) is 4.32. The SMILES string of the molecule is CCOc1ccc(C2=CC3CCCC(C2)N3C(=O)OCc2ccccc2)c(F)c1. The van der Waals surface area contributed by atoms with E-state index in [9.17, 15) is 9.18 Å². The number of carbonyl (C=O) groups is 1. The van der Waals surface area contributed by atoms with Crippen LogP contribution in [0, 0.1) is 5.82 Å². The van der Waals surface area contributed by atoms with Crippen molar-refractivity contribution in [3.8, 4) is 5.75 Å². The van der Waals surface area contributed by atoms with Gasteiger partial charge in [0.15, 0.2) is 0 Å². The molecule has 152 valence electrons. The predicted octanol–water partition coefficient (Wildman–Crippen LogP) is 5.57. The summed E-state index contributed by atoms with van der Waals surface area (Å²) < 4.78 is 25.6. The first kappa shape index (κ1) is 19.5. The van der Waals surface area contributed by atoms with E-state index in [0.29, 0.717) is 24.3 Å². The van der Waals surface area contributed by atoms with Gasteiger partial charge in [-0.2, -0.15) is 0 Å². The summed E-state index contributed by atoms with van der Waals surface area (Å²) >= 11 is 0. The third kappa shape index (κ3) is 4.29. The van der Waals surface area contributed by atoms with Crippen LogP contribution in [0.3, 0.4) is 0 Å². The highest BCUT2D eigenvalue weighted by Crippen LogP contribution is 2.38. The average Bonchev–Trinajstić information content (AvgIpc) is 2.72. The largest absolute Gasteiger partial charge is 0.494 e. The molecule has 1 saturated heterocycles. The number of carbonyl (C=O) groups excluding carboxylic acids is 1. The lowest BCUT2D eigenvalue weighted by Crippen LogP contribution is -2.51. The lowest BCUT2D eigenvalue weighted by Gasteiger charge is -2.44. The molecule has 4 rings (SSSR count). The van der Waals surface area contributed by atoms with E-state index in [4.69, 9.17) is 9.47 Å². The minimum atomic E-state index is -0.286. The number of fused-ring (bicyclic) bond motifs is 2. The maximum atomic E-state index is 14.7. The molecule has 0 saturated carbocycles. The summed E-state index contributed by atoms with van der Waals surface area (Å²) in [6.07, 6.45) is 5.24. The Kier molecular flexibility index (Phi) is 5.84. The molecule has 1 amide bonds. The van der Waals surface area contributed by atoms with Crippen LogP contribution >= 0.6 is 0 Å². The highest BCUT2D eigenvalue weighted by molar-refractivity contribution is 5.75. The monoisotopic (exact) mass is 395 g/mol. The Bertz CT molecular complexity index is 896. The minimum Gasteiger partial charge on any atom is -0.494 e. The Morgan fingerprint density at radius 1 is 1.17 bits per heavy atom. The number of benzene rings is 2. The van der Waals surface area contributed by atoms with Gasteiger partial charge in [0, 0.05) is 17.7 Å². The molecule has 0 N–H and O–H groups in total. The van der Waals surface area contributed by atoms with Gasteiger partial charge in [0.05, 0.1) is 12.6 Å². The number of hydrogen-bond donors (Lipinski definition) is 0. The predicted molar refractivity (Wildman–Crippen MR) is 110 cm³/mol. The van der Waals surface area contributed by atoms with Crippen LogP contribution in [0.2, 0.25) is 0 Å². The van der Waals surface area contributed by atoms with Gasteiger partial charge in [-0.15, -0.1) is 0 Å². The number of hydrogen-bond acceptors (Lipinski definition) is 3. The van der Waals surface area contributed by atoms with Crippen LogP contribution in [0.5, 0.6) is 5.75 Å². The number of rotatable bonds is 5. The Hall–Kier alpha value is -2.82. The molecule has 5 heteroatoms. The molecule has 29 heavy (non-hydrogen) atoms. The fourth-order valence-corrected chi connectivity index (χ4v) is 4.32. The van der Waals surface area contributed by atoms with E-state index >= 15 is 0 Å². The zero-order valence-corrected chi connectivity index (χ0v) is 16.6. The molecule has 2 aliphatic rings. The molecule has 0 spiro atoms. The van der Waals surface area contributed by atoms with Gasteiger partial charge in [0.1, 0.15) is 18.2 Å². The molecule has 2 unspecified atom stereocenters. The second kappa shape index (κ2) is 8.68. The normalized spacial score (nSPS) is 20.8. The van der Waals surface area contributed by atoms with Crippen molar-refractivity contribution in [3.05, 3.63) is 71.6 Å². The molecule has 2 heterocycles. The van der Waals surface area contributed by atoms with Crippen molar-refractivity contribution in [2.24, 2.45) is 0 Å². The van der Waals surface area contributed by atoms with Crippen LogP contribution in [0.1, 0.15) is 43.7 Å². The molecule has 0 aromatic heterocycles. The molecule has 2 aromatic carbocycles. The summed E-state index contributed by atoms with van der Waals surface area (Å²) in [5.41, 5.74) is 2.53. The lowest BCUT2D eigenvalue weighted by molar-refractivity contribution is 0.0510. The van der Waals surface area contributed by atoms with Crippen molar-refractivity contribution in [2.75, 3.05) is 6.61 Å². The van der Waals surface area contributed by atoms with Gasteiger partial charge in [-0.1, -0.05) is 36.4 Å². The first-order chi connectivity index (χ1) is 14.2. The number of ether oxygens (including phenoxy) is 2. The van der Waals surface area contributed by atoms with E-state index in [0.717, 1.165) is 30.4 Å². The number of nitrogens with zero attached hydrogens (tertiary/aromatic N) is 1. The van der Waals surface area contributed by atoms with E-state index in [1.807, 2.05) is 48.2 Å². The maximum absolute atomic E-state index is 14.7. The molecule has 2 bridgehead atoms. The molecule has 0 aliphatic carbocycles. The van der Waals surface area contributed by atoms with Crippen LogP contribution in [0.15, 0.2) is 54.6 Å². The van der Waals surface area contributed by atoms with Crippen LogP contribution in [-0.4, -0.2) is 29.7 Å². The van der Waals surface area contributed by atoms with Gasteiger partial charge in [0.2, 0.25) is 0 Å². The third-order valence-corrected chi connectivity index (χ3v) is 5.65. The topological polar surface area (TPSA) is 38.8 Å². The highest BCUT2D eigenvalue weighted by Gasteiger charge is 2.38. The zero-order chi connectivity index (χ0) is 20.2. The average molecular weight is 395 g/mol. The van der Waals surface area contributed by atoms with Crippen molar-refractivity contribution in [1.82, 2.24) is 4.90 Å². The molecule has 2 atom stereocenters. The Morgan fingerprint density at radius 2 is 2.00 bits per heavy atom. The van der Waals surface area contributed by atoms with Gasteiger partial charge >= 0.3 is 6.09 Å². The van der Waals surface area contributed by atoms with Crippen molar-refractivity contribution in [2.45, 2.75) is 51.3 Å². The van der Waals surface area contributed by atoms with Crippen LogP contribution in [0.4, 0.5) is 9.18 Å². The summed E-state index contributed by atoms with van der Waals surface area (Å²) in [6, 6.07) is 14.7. The van der Waals surface area contributed by atoms with Gasteiger partial charge in [-0.3, -0.25) is 4.90 Å². The van der Waals surface area contributed by atoms with Gasteiger partial charge in [-0.25, -0.2) is 9.18 Å². The van der Waals surface area contributed by atoms with E-state index < -0.39 is 0 Å². The standard InChI is InChI=1S/C24H26FNO3/c1-2-28-21-11-12-22(23(25)15-21)18-13-19-9-6-10-20(14-18)26(19)24(27)29-16-17-7-4-3-5-8-17/h3-5,7-8,11-13,15,19-20H,2,6,9-10,14,16H2,1H3. The Morgan fingerprint density at radius 3 is 2.72 bits per heavy atom. The molecule has 2 aromatic rings. The van der Waals surface area contributed by atoms with Crippen molar-refractivity contribution < 1.29 is 18.7 Å². The van der Waals surface area contributed by atoms with E-state index in [1.54, 1.807) is 12.1 Å². The maximum Gasteiger partial charge on any atom is 0.410 e. The summed E-state index contributed by atoms with van der Waals surface area (Å²) in [5, 5.41) is 0. The molecule has 2 aliphatic heterocycles. The second-order valence-corrected chi connectivity index (χ2v) is 7.57. The minimum absolute atomic E-state index is 0.0444.